The lowest BCUT2D eigenvalue weighted by Crippen LogP contribution is -2.19. The lowest BCUT2D eigenvalue weighted by atomic mass is 10.0. The van der Waals surface area contributed by atoms with Crippen molar-refractivity contribution in [3.8, 4) is 0 Å². The molecule has 11 heavy (non-hydrogen) atoms. The molecular weight excluding hydrogens is 134 g/mol. The topological polar surface area (TPSA) is 12.0 Å². The summed E-state index contributed by atoms with van der Waals surface area (Å²) < 4.78 is 0. The quantitative estimate of drug-likeness (QED) is 0.617. The van der Waals surface area contributed by atoms with Gasteiger partial charge in [0.2, 0.25) is 0 Å². The third-order valence-electron chi connectivity index (χ3n) is 2.23. The summed E-state index contributed by atoms with van der Waals surface area (Å²) in [4.78, 5) is 0. The minimum Gasteiger partial charge on any atom is -0.316 e. The van der Waals surface area contributed by atoms with Crippen LogP contribution in [-0.2, 0) is 0 Å². The molecule has 0 bridgehead atoms. The highest BCUT2D eigenvalue weighted by atomic mass is 14.9. The van der Waals surface area contributed by atoms with Gasteiger partial charge in [-0.1, -0.05) is 33.6 Å². The number of hydrogen-bond donors (Lipinski definition) is 1. The summed E-state index contributed by atoms with van der Waals surface area (Å²) in [6.07, 6.45) is 5.62. The molecule has 1 aliphatic rings. The van der Waals surface area contributed by atoms with E-state index in [-0.39, 0.29) is 0 Å². The maximum atomic E-state index is 3.45. The van der Waals surface area contributed by atoms with Gasteiger partial charge in [0.15, 0.2) is 0 Å². The van der Waals surface area contributed by atoms with Crippen LogP contribution in [0.3, 0.4) is 0 Å². The van der Waals surface area contributed by atoms with E-state index >= 15 is 0 Å². The Labute approximate surface area is 71.6 Å². The second kappa shape index (κ2) is 8.06. The molecule has 1 fully saturated rings. The highest BCUT2D eigenvalue weighted by molar-refractivity contribution is 4.65. The van der Waals surface area contributed by atoms with Gasteiger partial charge in [0.25, 0.3) is 0 Å². The van der Waals surface area contributed by atoms with Crippen LogP contribution in [0.25, 0.3) is 0 Å². The molecule has 1 unspecified atom stereocenters. The maximum Gasteiger partial charge on any atom is -0.00206 e. The minimum absolute atomic E-state index is 0.965. The first kappa shape index (κ1) is 11.0. The smallest absolute Gasteiger partial charge is 0.00206 e. The van der Waals surface area contributed by atoms with Gasteiger partial charge in [-0.15, -0.1) is 0 Å². The summed E-state index contributed by atoms with van der Waals surface area (Å²) >= 11 is 0. The van der Waals surface area contributed by atoms with E-state index in [4.69, 9.17) is 0 Å². The molecule has 1 N–H and O–H groups in total. The van der Waals surface area contributed by atoms with E-state index in [0.29, 0.717) is 0 Å². The summed E-state index contributed by atoms with van der Waals surface area (Å²) in [6, 6.07) is 0. The van der Waals surface area contributed by atoms with Crippen molar-refractivity contribution in [2.75, 3.05) is 13.1 Å². The Morgan fingerprint density at radius 2 is 2.00 bits per heavy atom. The fourth-order valence-electron chi connectivity index (χ4n) is 1.44. The first-order valence-electron chi connectivity index (χ1n) is 5.14. The van der Waals surface area contributed by atoms with Gasteiger partial charge in [-0.2, -0.15) is 0 Å². The number of hydrogen-bond acceptors (Lipinski definition) is 1. The zero-order valence-electron chi connectivity index (χ0n) is 8.32. The van der Waals surface area contributed by atoms with Gasteiger partial charge in [0.1, 0.15) is 0 Å². The van der Waals surface area contributed by atoms with Gasteiger partial charge in [-0.3, -0.25) is 0 Å². The summed E-state index contributed by atoms with van der Waals surface area (Å²) in [7, 11) is 0. The van der Waals surface area contributed by atoms with Gasteiger partial charge in [0, 0.05) is 0 Å². The third-order valence-corrected chi connectivity index (χ3v) is 2.23. The zero-order valence-corrected chi connectivity index (χ0v) is 8.32. The Bertz CT molecular complexity index is 63.3. The molecule has 1 saturated heterocycles. The lowest BCUT2D eigenvalue weighted by molar-refractivity contribution is 0.466. The van der Waals surface area contributed by atoms with Gasteiger partial charge in [0.05, 0.1) is 0 Å². The van der Waals surface area contributed by atoms with Crippen molar-refractivity contribution in [1.29, 1.82) is 0 Å². The highest BCUT2D eigenvalue weighted by Crippen LogP contribution is 2.13. The van der Waals surface area contributed by atoms with E-state index < -0.39 is 0 Å². The Hall–Kier alpha value is -0.0400. The summed E-state index contributed by atoms with van der Waals surface area (Å²) in [5, 5.41) is 3.45. The molecule has 0 radical (unpaired) electrons. The van der Waals surface area contributed by atoms with E-state index in [1.165, 1.54) is 38.8 Å². The molecular formula is C10H23N. The predicted molar refractivity (Wildman–Crippen MR) is 51.8 cm³/mol. The zero-order chi connectivity index (χ0) is 8.53. The average Bonchev–Trinajstić information content (AvgIpc) is 2.35. The third kappa shape index (κ3) is 5.25. The fraction of sp³-hybridized carbons (Fsp3) is 1.00. The summed E-state index contributed by atoms with van der Waals surface area (Å²) in [5.74, 6) is 0.965. The molecule has 68 valence electrons. The lowest BCUT2D eigenvalue weighted by Gasteiger charge is -2.09. The van der Waals surface area contributed by atoms with Crippen LogP contribution in [0.15, 0.2) is 0 Å². The largest absolute Gasteiger partial charge is 0.316 e. The van der Waals surface area contributed by atoms with Crippen LogP contribution in [0.1, 0.15) is 46.5 Å². The molecule has 0 aromatic carbocycles. The minimum atomic E-state index is 0.965. The molecule has 1 nitrogen and oxygen atoms in total. The van der Waals surface area contributed by atoms with Crippen molar-refractivity contribution >= 4 is 0 Å². The Kier molecular flexibility index (Phi) is 8.03. The van der Waals surface area contributed by atoms with Crippen molar-refractivity contribution in [2.45, 2.75) is 46.5 Å². The van der Waals surface area contributed by atoms with Gasteiger partial charge >= 0.3 is 0 Å². The van der Waals surface area contributed by atoms with E-state index in [0.717, 1.165) is 5.92 Å². The van der Waals surface area contributed by atoms with Crippen LogP contribution in [-0.4, -0.2) is 13.1 Å². The highest BCUT2D eigenvalue weighted by Gasteiger charge is 2.07. The van der Waals surface area contributed by atoms with Gasteiger partial charge < -0.3 is 5.32 Å². The molecule has 1 heteroatoms. The van der Waals surface area contributed by atoms with E-state index in [1.807, 2.05) is 13.8 Å². The first-order chi connectivity index (χ1) is 5.43. The monoisotopic (exact) mass is 157 g/mol. The number of nitrogens with one attached hydrogen (secondary N) is 1. The maximum absolute atomic E-state index is 3.45. The van der Waals surface area contributed by atoms with Crippen molar-refractivity contribution in [3.05, 3.63) is 0 Å². The fourth-order valence-corrected chi connectivity index (χ4v) is 1.44. The molecule has 1 rings (SSSR count). The van der Waals surface area contributed by atoms with Crippen LogP contribution in [0, 0.1) is 5.92 Å². The predicted octanol–water partition coefficient (Wildman–Crippen LogP) is 2.81. The van der Waals surface area contributed by atoms with Crippen LogP contribution in [0.4, 0.5) is 0 Å². The first-order valence-corrected chi connectivity index (χ1v) is 5.14. The second-order valence-corrected chi connectivity index (χ2v) is 2.97. The molecule has 0 amide bonds. The molecule has 0 aromatic heterocycles. The second-order valence-electron chi connectivity index (χ2n) is 2.97. The molecule has 0 aromatic rings. The SMILES string of the molecule is CC.CCC1CCCCNC1. The standard InChI is InChI=1S/C8H17N.C2H6/c1-2-8-5-3-4-6-9-7-8;1-2/h8-9H,2-7H2,1H3;1-2H3. The normalized spacial score (nSPS) is 24.8. The molecule has 1 aliphatic heterocycles. The van der Waals surface area contributed by atoms with E-state index in [1.54, 1.807) is 0 Å². The molecule has 0 saturated carbocycles. The van der Waals surface area contributed by atoms with E-state index in [2.05, 4.69) is 12.2 Å². The van der Waals surface area contributed by atoms with Crippen molar-refractivity contribution < 1.29 is 0 Å². The van der Waals surface area contributed by atoms with Gasteiger partial charge in [-0.25, -0.2) is 0 Å². The van der Waals surface area contributed by atoms with Crippen molar-refractivity contribution in [2.24, 2.45) is 5.92 Å². The Morgan fingerprint density at radius 3 is 2.64 bits per heavy atom. The van der Waals surface area contributed by atoms with E-state index in [9.17, 15) is 0 Å². The molecule has 0 spiro atoms. The van der Waals surface area contributed by atoms with Crippen LogP contribution in [0.5, 0.6) is 0 Å². The molecule has 0 aliphatic carbocycles. The van der Waals surface area contributed by atoms with Crippen molar-refractivity contribution in [1.82, 2.24) is 5.32 Å². The van der Waals surface area contributed by atoms with Crippen molar-refractivity contribution in [3.63, 3.8) is 0 Å². The summed E-state index contributed by atoms with van der Waals surface area (Å²) in [6.45, 7) is 8.80. The Morgan fingerprint density at radius 1 is 1.27 bits per heavy atom. The van der Waals surface area contributed by atoms with Gasteiger partial charge in [-0.05, 0) is 31.8 Å². The molecule has 1 heterocycles. The van der Waals surface area contributed by atoms with Crippen LogP contribution >= 0.6 is 0 Å². The van der Waals surface area contributed by atoms with Crippen LogP contribution < -0.4 is 5.32 Å². The molecule has 1 atom stereocenters. The summed E-state index contributed by atoms with van der Waals surface area (Å²) in [5.41, 5.74) is 0. The number of rotatable bonds is 1. The van der Waals surface area contributed by atoms with Crippen LogP contribution in [0.2, 0.25) is 0 Å². The average molecular weight is 157 g/mol. The Balaban J connectivity index is 0.000000461.